The van der Waals surface area contributed by atoms with Crippen LogP contribution in [0, 0.1) is 0 Å². The van der Waals surface area contributed by atoms with Crippen LogP contribution in [0.2, 0.25) is 0 Å². The number of benzene rings is 1. The van der Waals surface area contributed by atoms with Gasteiger partial charge in [-0.2, -0.15) is 0 Å². The van der Waals surface area contributed by atoms with Crippen molar-refractivity contribution < 1.29 is 4.79 Å². The molecule has 0 radical (unpaired) electrons. The average molecular weight is 266 g/mol. The Labute approximate surface area is 119 Å². The van der Waals surface area contributed by atoms with Crippen molar-refractivity contribution in [3.8, 4) is 0 Å². The molecular weight excluding hydrogens is 248 g/mol. The summed E-state index contributed by atoms with van der Waals surface area (Å²) in [6.45, 7) is 3.68. The molecular formula is C17H18N2O. The van der Waals surface area contributed by atoms with E-state index in [9.17, 15) is 4.79 Å². The molecule has 1 aromatic heterocycles. The van der Waals surface area contributed by atoms with Crippen LogP contribution in [0.25, 0.3) is 0 Å². The fourth-order valence-electron chi connectivity index (χ4n) is 2.73. The molecule has 20 heavy (non-hydrogen) atoms. The number of hydrogen-bond donors (Lipinski definition) is 0. The van der Waals surface area contributed by atoms with Gasteiger partial charge in [0.05, 0.1) is 0 Å². The normalized spacial score (nSPS) is 13.3. The summed E-state index contributed by atoms with van der Waals surface area (Å²) < 4.78 is 0. The summed E-state index contributed by atoms with van der Waals surface area (Å²) in [4.78, 5) is 17.9. The molecule has 3 nitrogen and oxygen atoms in total. The van der Waals surface area contributed by atoms with Crippen molar-refractivity contribution in [1.82, 2.24) is 4.98 Å². The fraction of sp³-hybridized carbons (Fsp3) is 0.294. The molecule has 3 heteroatoms. The van der Waals surface area contributed by atoms with Gasteiger partial charge in [0.25, 0.3) is 0 Å². The van der Waals surface area contributed by atoms with Gasteiger partial charge < -0.3 is 4.90 Å². The number of pyridine rings is 1. The van der Waals surface area contributed by atoms with Crippen LogP contribution in [0.5, 0.6) is 0 Å². The maximum Gasteiger partial charge on any atom is 0.159 e. The maximum atomic E-state index is 11.4. The molecule has 2 aromatic rings. The standard InChI is InChI=1S/C17H18N2O/c1-13(20)15-2-3-17-16(12-15)7-11-19(17)10-6-14-4-8-18-9-5-14/h2-5,8-9,12H,6-7,10-11H2,1H3. The molecule has 1 aromatic carbocycles. The number of rotatable bonds is 4. The quantitative estimate of drug-likeness (QED) is 0.798. The zero-order valence-corrected chi connectivity index (χ0v) is 11.7. The Morgan fingerprint density at radius 1 is 1.25 bits per heavy atom. The number of carbonyl (C=O) groups excluding carboxylic acids is 1. The SMILES string of the molecule is CC(=O)c1ccc2c(c1)CCN2CCc1ccncc1. The third kappa shape index (κ3) is 2.57. The van der Waals surface area contributed by atoms with Gasteiger partial charge >= 0.3 is 0 Å². The van der Waals surface area contributed by atoms with Crippen LogP contribution in [0.1, 0.15) is 28.4 Å². The molecule has 1 aliphatic heterocycles. The Kier molecular flexibility index (Phi) is 3.50. The highest BCUT2D eigenvalue weighted by Gasteiger charge is 2.19. The number of Topliss-reactive ketones (excluding diaryl/α,β-unsaturated/α-hetero) is 1. The van der Waals surface area contributed by atoms with Crippen molar-refractivity contribution >= 4 is 11.5 Å². The van der Waals surface area contributed by atoms with Crippen molar-refractivity contribution in [3.63, 3.8) is 0 Å². The van der Waals surface area contributed by atoms with Crippen molar-refractivity contribution in [1.29, 1.82) is 0 Å². The summed E-state index contributed by atoms with van der Waals surface area (Å²) in [5, 5.41) is 0. The minimum absolute atomic E-state index is 0.142. The van der Waals surface area contributed by atoms with E-state index in [2.05, 4.69) is 28.1 Å². The molecule has 102 valence electrons. The van der Waals surface area contributed by atoms with Crippen molar-refractivity contribution in [2.24, 2.45) is 0 Å². The summed E-state index contributed by atoms with van der Waals surface area (Å²) >= 11 is 0. The zero-order valence-electron chi connectivity index (χ0n) is 11.7. The molecule has 2 heterocycles. The molecule has 0 fully saturated rings. The minimum atomic E-state index is 0.142. The molecule has 0 spiro atoms. The van der Waals surface area contributed by atoms with Crippen LogP contribution in [-0.4, -0.2) is 23.9 Å². The van der Waals surface area contributed by atoms with E-state index < -0.39 is 0 Å². The summed E-state index contributed by atoms with van der Waals surface area (Å²) in [5.41, 5.74) is 4.71. The van der Waals surface area contributed by atoms with Crippen LogP contribution in [0.3, 0.4) is 0 Å². The first-order valence-corrected chi connectivity index (χ1v) is 7.02. The lowest BCUT2D eigenvalue weighted by atomic mass is 10.1. The number of carbonyl (C=O) groups is 1. The van der Waals surface area contributed by atoms with Crippen LogP contribution in [0.4, 0.5) is 5.69 Å². The van der Waals surface area contributed by atoms with E-state index in [-0.39, 0.29) is 5.78 Å². The summed E-state index contributed by atoms with van der Waals surface area (Å²) in [7, 11) is 0. The van der Waals surface area contributed by atoms with Crippen LogP contribution < -0.4 is 4.90 Å². The highest BCUT2D eigenvalue weighted by atomic mass is 16.1. The third-order valence-corrected chi connectivity index (χ3v) is 3.90. The minimum Gasteiger partial charge on any atom is -0.371 e. The lowest BCUT2D eigenvalue weighted by molar-refractivity contribution is 0.101. The lowest BCUT2D eigenvalue weighted by Gasteiger charge is -2.19. The van der Waals surface area contributed by atoms with E-state index in [4.69, 9.17) is 0 Å². The molecule has 0 amide bonds. The second kappa shape index (κ2) is 5.45. The molecule has 0 aliphatic carbocycles. The summed E-state index contributed by atoms with van der Waals surface area (Å²) in [5.74, 6) is 0.142. The Balaban J connectivity index is 1.72. The van der Waals surface area contributed by atoms with E-state index in [1.807, 2.05) is 24.5 Å². The van der Waals surface area contributed by atoms with Gasteiger partial charge in [-0.3, -0.25) is 9.78 Å². The van der Waals surface area contributed by atoms with Gasteiger partial charge in [0, 0.05) is 36.7 Å². The summed E-state index contributed by atoms with van der Waals surface area (Å²) in [6.07, 6.45) is 5.74. The molecule has 0 bridgehead atoms. The highest BCUT2D eigenvalue weighted by molar-refractivity contribution is 5.94. The zero-order chi connectivity index (χ0) is 13.9. The van der Waals surface area contributed by atoms with E-state index in [1.165, 1.54) is 16.8 Å². The lowest BCUT2D eigenvalue weighted by Crippen LogP contribution is -2.23. The topological polar surface area (TPSA) is 33.2 Å². The Morgan fingerprint density at radius 2 is 2.05 bits per heavy atom. The van der Waals surface area contributed by atoms with E-state index in [1.54, 1.807) is 6.92 Å². The second-order valence-corrected chi connectivity index (χ2v) is 5.24. The molecule has 0 atom stereocenters. The van der Waals surface area contributed by atoms with E-state index in [0.717, 1.165) is 31.5 Å². The number of fused-ring (bicyclic) bond motifs is 1. The van der Waals surface area contributed by atoms with Gasteiger partial charge in [0.1, 0.15) is 0 Å². The highest BCUT2D eigenvalue weighted by Crippen LogP contribution is 2.29. The average Bonchev–Trinajstić information content (AvgIpc) is 2.88. The van der Waals surface area contributed by atoms with Gasteiger partial charge in [-0.05, 0) is 61.2 Å². The van der Waals surface area contributed by atoms with Gasteiger partial charge in [0.15, 0.2) is 5.78 Å². The first kappa shape index (κ1) is 12.9. The van der Waals surface area contributed by atoms with Crippen LogP contribution in [-0.2, 0) is 12.8 Å². The van der Waals surface area contributed by atoms with Gasteiger partial charge in [-0.25, -0.2) is 0 Å². The number of aromatic nitrogens is 1. The van der Waals surface area contributed by atoms with E-state index in [0.29, 0.717) is 0 Å². The van der Waals surface area contributed by atoms with Gasteiger partial charge in [-0.1, -0.05) is 0 Å². The predicted molar refractivity (Wildman–Crippen MR) is 80.3 cm³/mol. The molecule has 0 N–H and O–H groups in total. The Hall–Kier alpha value is -2.16. The Morgan fingerprint density at radius 3 is 2.80 bits per heavy atom. The Bertz CT molecular complexity index is 622. The molecule has 3 rings (SSSR count). The number of nitrogens with zero attached hydrogens (tertiary/aromatic N) is 2. The second-order valence-electron chi connectivity index (χ2n) is 5.24. The first-order valence-electron chi connectivity index (χ1n) is 7.02. The first-order chi connectivity index (χ1) is 9.74. The van der Waals surface area contributed by atoms with Gasteiger partial charge in [-0.15, -0.1) is 0 Å². The third-order valence-electron chi connectivity index (χ3n) is 3.90. The molecule has 1 aliphatic rings. The van der Waals surface area contributed by atoms with Crippen LogP contribution >= 0.6 is 0 Å². The molecule has 0 saturated carbocycles. The maximum absolute atomic E-state index is 11.4. The van der Waals surface area contributed by atoms with Crippen molar-refractivity contribution in [3.05, 3.63) is 59.4 Å². The molecule has 0 saturated heterocycles. The number of ketones is 1. The number of hydrogen-bond acceptors (Lipinski definition) is 3. The molecule has 0 unspecified atom stereocenters. The smallest absolute Gasteiger partial charge is 0.159 e. The van der Waals surface area contributed by atoms with Crippen LogP contribution in [0.15, 0.2) is 42.7 Å². The van der Waals surface area contributed by atoms with Gasteiger partial charge in [0.2, 0.25) is 0 Å². The largest absolute Gasteiger partial charge is 0.371 e. The fourth-order valence-corrected chi connectivity index (χ4v) is 2.73. The van der Waals surface area contributed by atoms with E-state index >= 15 is 0 Å². The summed E-state index contributed by atoms with van der Waals surface area (Å²) in [6, 6.07) is 10.2. The van der Waals surface area contributed by atoms with Crippen molar-refractivity contribution in [2.45, 2.75) is 19.8 Å². The monoisotopic (exact) mass is 266 g/mol. The predicted octanol–water partition coefficient (Wildman–Crippen LogP) is 2.89. The number of anilines is 1. The van der Waals surface area contributed by atoms with Crippen molar-refractivity contribution in [2.75, 3.05) is 18.0 Å².